The summed E-state index contributed by atoms with van der Waals surface area (Å²) in [6.07, 6.45) is 8.42. The average Bonchev–Trinajstić information content (AvgIpc) is 2.75. The van der Waals surface area contributed by atoms with E-state index in [1.165, 1.54) is 43.7 Å². The van der Waals surface area contributed by atoms with Gasteiger partial charge in [0.15, 0.2) is 5.17 Å². The maximum Gasteiger partial charge on any atom is 0.157 e. The Morgan fingerprint density at radius 1 is 1.14 bits per heavy atom. The standard InChI is InChI=1S/C11H18N2S/c1-2-4-9(3-1)13-11-12-7-10(14-11)8-5-6-8/h8-10H,1-7H2,(H,12,13). The summed E-state index contributed by atoms with van der Waals surface area (Å²) < 4.78 is 0. The molecule has 3 rings (SSSR count). The lowest BCUT2D eigenvalue weighted by Gasteiger charge is -2.13. The van der Waals surface area contributed by atoms with E-state index in [4.69, 9.17) is 0 Å². The highest BCUT2D eigenvalue weighted by molar-refractivity contribution is 8.14. The van der Waals surface area contributed by atoms with Gasteiger partial charge in [-0.1, -0.05) is 24.6 Å². The zero-order valence-corrected chi connectivity index (χ0v) is 9.35. The Balaban J connectivity index is 1.49. The second kappa shape index (κ2) is 3.76. The fourth-order valence-electron chi connectivity index (χ4n) is 2.43. The monoisotopic (exact) mass is 210 g/mol. The third-order valence-electron chi connectivity index (χ3n) is 3.51. The molecule has 0 aromatic rings. The van der Waals surface area contributed by atoms with Crippen LogP contribution in [0.1, 0.15) is 38.5 Å². The third-order valence-corrected chi connectivity index (χ3v) is 4.82. The van der Waals surface area contributed by atoms with E-state index in [1.54, 1.807) is 0 Å². The Labute approximate surface area is 89.9 Å². The van der Waals surface area contributed by atoms with Crippen molar-refractivity contribution in [3.8, 4) is 0 Å². The van der Waals surface area contributed by atoms with E-state index in [-0.39, 0.29) is 0 Å². The summed E-state index contributed by atoms with van der Waals surface area (Å²) in [5, 5.41) is 5.67. The summed E-state index contributed by atoms with van der Waals surface area (Å²) in [7, 11) is 0. The first-order valence-corrected chi connectivity index (χ1v) is 6.77. The second-order valence-electron chi connectivity index (χ2n) is 4.77. The van der Waals surface area contributed by atoms with E-state index < -0.39 is 0 Å². The van der Waals surface area contributed by atoms with Crippen LogP contribution in [0.3, 0.4) is 0 Å². The van der Waals surface area contributed by atoms with Gasteiger partial charge in [-0.05, 0) is 31.6 Å². The quantitative estimate of drug-likeness (QED) is 0.757. The Hall–Kier alpha value is -0.180. The minimum Gasteiger partial charge on any atom is -0.362 e. The predicted octanol–water partition coefficient (Wildman–Crippen LogP) is 2.40. The van der Waals surface area contributed by atoms with E-state index in [0.29, 0.717) is 0 Å². The zero-order valence-electron chi connectivity index (χ0n) is 8.54. The highest BCUT2D eigenvalue weighted by Gasteiger charge is 2.35. The fourth-order valence-corrected chi connectivity index (χ4v) is 3.71. The molecule has 0 bridgehead atoms. The van der Waals surface area contributed by atoms with Crippen LogP contribution in [0.25, 0.3) is 0 Å². The van der Waals surface area contributed by atoms with Gasteiger partial charge in [0.05, 0.1) is 6.54 Å². The lowest BCUT2D eigenvalue weighted by atomic mass is 10.3. The number of amidine groups is 1. The van der Waals surface area contributed by atoms with Crippen molar-refractivity contribution in [2.24, 2.45) is 10.9 Å². The van der Waals surface area contributed by atoms with E-state index in [0.717, 1.165) is 23.8 Å². The normalized spacial score (nSPS) is 33.4. The summed E-state index contributed by atoms with van der Waals surface area (Å²) in [4.78, 5) is 4.61. The van der Waals surface area contributed by atoms with Gasteiger partial charge in [-0.3, -0.25) is 4.99 Å². The molecule has 14 heavy (non-hydrogen) atoms. The molecule has 0 spiro atoms. The van der Waals surface area contributed by atoms with Gasteiger partial charge < -0.3 is 5.32 Å². The average molecular weight is 210 g/mol. The SMILES string of the molecule is C1CCC(NC2=NCC(C3CC3)S2)C1. The number of aliphatic imine (C=N–C) groups is 1. The fraction of sp³-hybridized carbons (Fsp3) is 0.909. The molecule has 0 aromatic carbocycles. The van der Waals surface area contributed by atoms with Gasteiger partial charge in [0.2, 0.25) is 0 Å². The van der Waals surface area contributed by atoms with Gasteiger partial charge in [-0.2, -0.15) is 0 Å². The summed E-state index contributed by atoms with van der Waals surface area (Å²) in [5.74, 6) is 0.992. The number of nitrogens with zero attached hydrogens (tertiary/aromatic N) is 1. The number of rotatable bonds is 2. The lowest BCUT2D eigenvalue weighted by molar-refractivity contribution is 0.635. The maximum atomic E-state index is 4.61. The van der Waals surface area contributed by atoms with E-state index in [2.05, 4.69) is 10.3 Å². The third kappa shape index (κ3) is 1.92. The van der Waals surface area contributed by atoms with Crippen LogP contribution in [0.5, 0.6) is 0 Å². The minimum absolute atomic E-state index is 0.735. The van der Waals surface area contributed by atoms with Crippen molar-refractivity contribution in [2.75, 3.05) is 6.54 Å². The smallest absolute Gasteiger partial charge is 0.157 e. The number of hydrogen-bond acceptors (Lipinski definition) is 3. The van der Waals surface area contributed by atoms with Crippen molar-refractivity contribution in [3.63, 3.8) is 0 Å². The molecule has 78 valence electrons. The molecule has 2 saturated carbocycles. The molecule has 1 atom stereocenters. The van der Waals surface area contributed by atoms with Crippen LogP contribution in [0.2, 0.25) is 0 Å². The number of thioether (sulfide) groups is 1. The Kier molecular flexibility index (Phi) is 2.44. The summed E-state index contributed by atoms with van der Waals surface area (Å²) >= 11 is 2.01. The molecule has 0 aromatic heterocycles. The van der Waals surface area contributed by atoms with E-state index in [9.17, 15) is 0 Å². The van der Waals surface area contributed by atoms with Crippen molar-refractivity contribution in [1.29, 1.82) is 0 Å². The Bertz CT molecular complexity index is 242. The highest BCUT2D eigenvalue weighted by Crippen LogP contribution is 2.41. The zero-order chi connectivity index (χ0) is 9.38. The van der Waals surface area contributed by atoms with Crippen molar-refractivity contribution in [1.82, 2.24) is 5.32 Å². The topological polar surface area (TPSA) is 24.4 Å². The first-order chi connectivity index (χ1) is 6.92. The highest BCUT2D eigenvalue weighted by atomic mass is 32.2. The van der Waals surface area contributed by atoms with E-state index >= 15 is 0 Å². The molecule has 3 heteroatoms. The summed E-state index contributed by atoms with van der Waals surface area (Å²) in [5.41, 5.74) is 0. The van der Waals surface area contributed by atoms with Gasteiger partial charge in [0.25, 0.3) is 0 Å². The molecule has 1 unspecified atom stereocenters. The van der Waals surface area contributed by atoms with Crippen LogP contribution in [0, 0.1) is 5.92 Å². The molecule has 0 saturated heterocycles. The second-order valence-corrected chi connectivity index (χ2v) is 5.99. The first kappa shape index (κ1) is 9.08. The Morgan fingerprint density at radius 2 is 1.93 bits per heavy atom. The lowest BCUT2D eigenvalue weighted by Crippen LogP contribution is -2.30. The van der Waals surface area contributed by atoms with Crippen molar-refractivity contribution >= 4 is 16.9 Å². The largest absolute Gasteiger partial charge is 0.362 e. The van der Waals surface area contributed by atoms with Gasteiger partial charge in [0, 0.05) is 11.3 Å². The molecular weight excluding hydrogens is 192 g/mol. The van der Waals surface area contributed by atoms with Crippen molar-refractivity contribution in [2.45, 2.75) is 49.8 Å². The Morgan fingerprint density at radius 3 is 2.64 bits per heavy atom. The minimum atomic E-state index is 0.735. The van der Waals surface area contributed by atoms with Gasteiger partial charge in [-0.15, -0.1) is 0 Å². The number of hydrogen-bond donors (Lipinski definition) is 1. The molecular formula is C11H18N2S. The molecule has 1 aliphatic heterocycles. The van der Waals surface area contributed by atoms with Crippen LogP contribution < -0.4 is 5.32 Å². The first-order valence-electron chi connectivity index (χ1n) is 5.89. The predicted molar refractivity (Wildman–Crippen MR) is 61.8 cm³/mol. The summed E-state index contributed by atoms with van der Waals surface area (Å²) in [6.45, 7) is 1.07. The van der Waals surface area contributed by atoms with Crippen LogP contribution >= 0.6 is 11.8 Å². The van der Waals surface area contributed by atoms with Crippen LogP contribution in [0.4, 0.5) is 0 Å². The maximum absolute atomic E-state index is 4.61. The van der Waals surface area contributed by atoms with Crippen molar-refractivity contribution in [3.05, 3.63) is 0 Å². The molecule has 2 nitrogen and oxygen atoms in total. The molecule has 3 aliphatic rings. The summed E-state index contributed by atoms with van der Waals surface area (Å²) in [6, 6.07) is 0.735. The van der Waals surface area contributed by atoms with Gasteiger partial charge in [0.1, 0.15) is 0 Å². The molecule has 0 amide bonds. The van der Waals surface area contributed by atoms with Crippen LogP contribution in [-0.2, 0) is 0 Å². The van der Waals surface area contributed by atoms with Crippen LogP contribution in [-0.4, -0.2) is 23.0 Å². The van der Waals surface area contributed by atoms with Gasteiger partial charge in [-0.25, -0.2) is 0 Å². The molecule has 2 fully saturated rings. The van der Waals surface area contributed by atoms with Crippen molar-refractivity contribution < 1.29 is 0 Å². The number of nitrogens with one attached hydrogen (secondary N) is 1. The molecule has 1 heterocycles. The molecule has 2 aliphatic carbocycles. The van der Waals surface area contributed by atoms with E-state index in [1.807, 2.05) is 11.8 Å². The van der Waals surface area contributed by atoms with Gasteiger partial charge >= 0.3 is 0 Å². The molecule has 1 N–H and O–H groups in total. The van der Waals surface area contributed by atoms with Crippen LogP contribution in [0.15, 0.2) is 4.99 Å². The molecule has 0 radical (unpaired) electrons.